The van der Waals surface area contributed by atoms with Gasteiger partial charge in [0.15, 0.2) is 0 Å². The van der Waals surface area contributed by atoms with Gasteiger partial charge in [-0.15, -0.1) is 0 Å². The molecule has 3 heteroatoms. The van der Waals surface area contributed by atoms with Crippen LogP contribution in [0.3, 0.4) is 0 Å². The quantitative estimate of drug-likeness (QED) is 0.844. The largest absolute Gasteiger partial charge is 0.378 e. The van der Waals surface area contributed by atoms with Gasteiger partial charge >= 0.3 is 0 Å². The van der Waals surface area contributed by atoms with Gasteiger partial charge in [-0.05, 0) is 29.7 Å². The molecule has 2 aromatic carbocycles. The van der Waals surface area contributed by atoms with E-state index in [0.29, 0.717) is 0 Å². The summed E-state index contributed by atoms with van der Waals surface area (Å²) in [6.45, 7) is 2.16. The van der Waals surface area contributed by atoms with Crippen LogP contribution in [0.1, 0.15) is 30.5 Å². The predicted octanol–water partition coefficient (Wildman–Crippen LogP) is 3.28. The third-order valence-corrected chi connectivity index (χ3v) is 3.28. The summed E-state index contributed by atoms with van der Waals surface area (Å²) >= 11 is 0. The highest BCUT2D eigenvalue weighted by molar-refractivity contribution is 5.76. The average Bonchev–Trinajstić information content (AvgIpc) is 2.47. The smallest absolute Gasteiger partial charge is 0.221 e. The zero-order valence-electron chi connectivity index (χ0n) is 11.7. The molecule has 0 heterocycles. The summed E-state index contributed by atoms with van der Waals surface area (Å²) in [5.41, 5.74) is 8.45. The first-order valence-electron chi connectivity index (χ1n) is 6.87. The second kappa shape index (κ2) is 6.75. The summed E-state index contributed by atoms with van der Waals surface area (Å²) in [6.07, 6.45) is 1.29. The SMILES string of the molecule is CCC(Nc1ccc(CC(N)=O)cc1)c1ccccc1. The van der Waals surface area contributed by atoms with E-state index in [9.17, 15) is 4.79 Å². The topological polar surface area (TPSA) is 55.1 Å². The van der Waals surface area contributed by atoms with E-state index in [2.05, 4.69) is 36.5 Å². The minimum atomic E-state index is -0.304. The van der Waals surface area contributed by atoms with E-state index in [1.54, 1.807) is 0 Å². The van der Waals surface area contributed by atoms with Crippen molar-refractivity contribution in [2.45, 2.75) is 25.8 Å². The molecule has 0 spiro atoms. The number of primary amides is 1. The van der Waals surface area contributed by atoms with Gasteiger partial charge in [-0.2, -0.15) is 0 Å². The number of carbonyl (C=O) groups excluding carboxylic acids is 1. The number of nitrogens with two attached hydrogens (primary N) is 1. The fourth-order valence-electron chi connectivity index (χ4n) is 2.23. The van der Waals surface area contributed by atoms with Crippen LogP contribution in [0.25, 0.3) is 0 Å². The summed E-state index contributed by atoms with van der Waals surface area (Å²) in [5, 5.41) is 3.51. The van der Waals surface area contributed by atoms with Crippen molar-refractivity contribution in [1.29, 1.82) is 0 Å². The molecule has 0 aliphatic rings. The maximum atomic E-state index is 10.9. The van der Waals surface area contributed by atoms with Crippen molar-refractivity contribution in [3.63, 3.8) is 0 Å². The fourth-order valence-corrected chi connectivity index (χ4v) is 2.23. The summed E-state index contributed by atoms with van der Waals surface area (Å²) in [4.78, 5) is 10.9. The molecule has 0 bridgehead atoms. The fraction of sp³-hybridized carbons (Fsp3) is 0.235. The van der Waals surface area contributed by atoms with Crippen LogP contribution < -0.4 is 11.1 Å². The summed E-state index contributed by atoms with van der Waals surface area (Å²) in [6, 6.07) is 18.5. The lowest BCUT2D eigenvalue weighted by Crippen LogP contribution is -2.13. The molecule has 20 heavy (non-hydrogen) atoms. The Bertz CT molecular complexity index is 549. The van der Waals surface area contributed by atoms with E-state index in [0.717, 1.165) is 17.7 Å². The molecule has 3 N–H and O–H groups in total. The Kier molecular flexibility index (Phi) is 4.77. The van der Waals surface area contributed by atoms with Crippen molar-refractivity contribution >= 4 is 11.6 Å². The number of amides is 1. The molecule has 0 radical (unpaired) electrons. The highest BCUT2D eigenvalue weighted by Gasteiger charge is 2.08. The van der Waals surface area contributed by atoms with Crippen LogP contribution in [0.4, 0.5) is 5.69 Å². The third-order valence-electron chi connectivity index (χ3n) is 3.28. The first kappa shape index (κ1) is 14.1. The Morgan fingerprint density at radius 1 is 1.10 bits per heavy atom. The lowest BCUT2D eigenvalue weighted by Gasteiger charge is -2.19. The molecule has 2 rings (SSSR count). The number of carbonyl (C=O) groups is 1. The van der Waals surface area contributed by atoms with E-state index in [1.165, 1.54) is 5.56 Å². The molecule has 1 unspecified atom stereocenters. The second-order valence-corrected chi connectivity index (χ2v) is 4.86. The molecule has 0 aromatic heterocycles. The number of nitrogens with one attached hydrogen (secondary N) is 1. The third kappa shape index (κ3) is 3.85. The average molecular weight is 268 g/mol. The van der Waals surface area contributed by atoms with E-state index < -0.39 is 0 Å². The first-order valence-corrected chi connectivity index (χ1v) is 6.87. The Morgan fingerprint density at radius 3 is 2.30 bits per heavy atom. The molecule has 0 aliphatic carbocycles. The van der Waals surface area contributed by atoms with Crippen LogP contribution in [0, 0.1) is 0 Å². The van der Waals surface area contributed by atoms with Crippen LogP contribution in [0.15, 0.2) is 54.6 Å². The molecule has 2 aromatic rings. The Labute approximate surface area is 119 Å². The van der Waals surface area contributed by atoms with Crippen molar-refractivity contribution in [2.75, 3.05) is 5.32 Å². The molecule has 1 amide bonds. The van der Waals surface area contributed by atoms with Gasteiger partial charge in [0.2, 0.25) is 5.91 Å². The summed E-state index contributed by atoms with van der Waals surface area (Å²) in [5.74, 6) is -0.304. The van der Waals surface area contributed by atoms with Gasteiger partial charge in [0.1, 0.15) is 0 Å². The monoisotopic (exact) mass is 268 g/mol. The molecule has 0 saturated heterocycles. The van der Waals surface area contributed by atoms with Gasteiger partial charge in [0, 0.05) is 5.69 Å². The Morgan fingerprint density at radius 2 is 1.75 bits per heavy atom. The molecular weight excluding hydrogens is 248 g/mol. The van der Waals surface area contributed by atoms with Crippen LogP contribution in [-0.2, 0) is 11.2 Å². The number of anilines is 1. The Balaban J connectivity index is 2.06. The van der Waals surface area contributed by atoms with Gasteiger partial charge in [0.25, 0.3) is 0 Å². The molecule has 0 saturated carbocycles. The highest BCUT2D eigenvalue weighted by Crippen LogP contribution is 2.22. The lowest BCUT2D eigenvalue weighted by atomic mass is 10.0. The zero-order valence-corrected chi connectivity index (χ0v) is 11.7. The van der Waals surface area contributed by atoms with Gasteiger partial charge in [0.05, 0.1) is 12.5 Å². The first-order chi connectivity index (χ1) is 9.69. The molecule has 104 valence electrons. The predicted molar refractivity (Wildman–Crippen MR) is 82.4 cm³/mol. The van der Waals surface area contributed by atoms with E-state index >= 15 is 0 Å². The standard InChI is InChI=1S/C17H20N2O/c1-2-16(14-6-4-3-5-7-14)19-15-10-8-13(9-11-15)12-17(18)20/h3-11,16,19H,2,12H2,1H3,(H2,18,20). The lowest BCUT2D eigenvalue weighted by molar-refractivity contribution is -0.117. The minimum Gasteiger partial charge on any atom is -0.378 e. The number of rotatable bonds is 6. The van der Waals surface area contributed by atoms with E-state index in [4.69, 9.17) is 5.73 Å². The van der Waals surface area contributed by atoms with Crippen molar-refractivity contribution in [1.82, 2.24) is 0 Å². The van der Waals surface area contributed by atoms with E-state index in [1.807, 2.05) is 30.3 Å². The van der Waals surface area contributed by atoms with E-state index in [-0.39, 0.29) is 18.4 Å². The second-order valence-electron chi connectivity index (χ2n) is 4.86. The van der Waals surface area contributed by atoms with Crippen LogP contribution in [0.2, 0.25) is 0 Å². The van der Waals surface area contributed by atoms with Crippen molar-refractivity contribution in [3.05, 3.63) is 65.7 Å². The zero-order chi connectivity index (χ0) is 14.4. The van der Waals surface area contributed by atoms with Crippen molar-refractivity contribution in [3.8, 4) is 0 Å². The van der Waals surface area contributed by atoms with Gasteiger partial charge in [-0.1, -0.05) is 49.4 Å². The number of hydrogen-bond acceptors (Lipinski definition) is 2. The summed E-state index contributed by atoms with van der Waals surface area (Å²) < 4.78 is 0. The molecule has 3 nitrogen and oxygen atoms in total. The Hall–Kier alpha value is -2.29. The van der Waals surface area contributed by atoms with Gasteiger partial charge < -0.3 is 11.1 Å². The summed E-state index contributed by atoms with van der Waals surface area (Å²) in [7, 11) is 0. The van der Waals surface area contributed by atoms with Crippen molar-refractivity contribution < 1.29 is 4.79 Å². The number of benzene rings is 2. The molecule has 0 fully saturated rings. The molecule has 0 aliphatic heterocycles. The minimum absolute atomic E-state index is 0.288. The molecular formula is C17H20N2O. The maximum Gasteiger partial charge on any atom is 0.221 e. The van der Waals surface area contributed by atoms with Crippen LogP contribution >= 0.6 is 0 Å². The van der Waals surface area contributed by atoms with Crippen LogP contribution in [-0.4, -0.2) is 5.91 Å². The maximum absolute atomic E-state index is 10.9. The highest BCUT2D eigenvalue weighted by atomic mass is 16.1. The number of hydrogen-bond donors (Lipinski definition) is 2. The van der Waals surface area contributed by atoms with Gasteiger partial charge in [-0.25, -0.2) is 0 Å². The molecule has 1 atom stereocenters. The van der Waals surface area contributed by atoms with Gasteiger partial charge in [-0.3, -0.25) is 4.79 Å². The van der Waals surface area contributed by atoms with Crippen LogP contribution in [0.5, 0.6) is 0 Å². The van der Waals surface area contributed by atoms with Crippen molar-refractivity contribution in [2.24, 2.45) is 5.73 Å². The normalized spacial score (nSPS) is 11.8.